The topological polar surface area (TPSA) is 86.2 Å². The second-order valence-corrected chi connectivity index (χ2v) is 6.44. The minimum atomic E-state index is -0.875. The Bertz CT molecular complexity index is 948. The first kappa shape index (κ1) is 15.8. The molecule has 6 nitrogen and oxygen atoms in total. The molecule has 1 saturated carbocycles. The number of nitrogen functional groups attached to an aromatic ring is 1. The van der Waals surface area contributed by atoms with Gasteiger partial charge in [-0.2, -0.15) is 4.98 Å². The predicted molar refractivity (Wildman–Crippen MR) is 92.2 cm³/mol. The van der Waals surface area contributed by atoms with Crippen molar-refractivity contribution < 1.29 is 14.2 Å². The second kappa shape index (κ2) is 5.70. The SMILES string of the molecule is COc1cc(C2(O)CCCC2)cc2c1ccn2-c1nc(N)ncc1F. The number of ether oxygens (including phenoxy) is 1. The van der Waals surface area contributed by atoms with E-state index in [2.05, 4.69) is 9.97 Å². The minimum absolute atomic E-state index is 0.00390. The predicted octanol–water partition coefficient (Wildman–Crippen LogP) is 2.91. The monoisotopic (exact) mass is 342 g/mol. The Balaban J connectivity index is 1.96. The molecular formula is C18H19FN4O2. The van der Waals surface area contributed by atoms with Gasteiger partial charge in [0, 0.05) is 11.6 Å². The zero-order valence-corrected chi connectivity index (χ0v) is 13.9. The highest BCUT2D eigenvalue weighted by Gasteiger charge is 2.34. The number of rotatable bonds is 3. The quantitative estimate of drug-likeness (QED) is 0.764. The first-order valence-electron chi connectivity index (χ1n) is 8.22. The van der Waals surface area contributed by atoms with Gasteiger partial charge in [-0.15, -0.1) is 0 Å². The number of fused-ring (bicyclic) bond motifs is 1. The van der Waals surface area contributed by atoms with Crippen LogP contribution in [0.25, 0.3) is 16.7 Å². The number of nitrogens with zero attached hydrogens (tertiary/aromatic N) is 3. The van der Waals surface area contributed by atoms with Crippen LogP contribution < -0.4 is 10.5 Å². The van der Waals surface area contributed by atoms with Gasteiger partial charge < -0.3 is 15.6 Å². The summed E-state index contributed by atoms with van der Waals surface area (Å²) in [4.78, 5) is 7.68. The van der Waals surface area contributed by atoms with Crippen LogP contribution in [0.4, 0.5) is 10.3 Å². The number of nitrogens with two attached hydrogens (primary N) is 1. The van der Waals surface area contributed by atoms with Gasteiger partial charge in [-0.05, 0) is 36.6 Å². The fourth-order valence-electron chi connectivity index (χ4n) is 3.62. The third-order valence-corrected chi connectivity index (χ3v) is 4.93. The highest BCUT2D eigenvalue weighted by molar-refractivity contribution is 5.88. The number of methoxy groups -OCH3 is 1. The number of halogens is 1. The van der Waals surface area contributed by atoms with E-state index in [-0.39, 0.29) is 11.8 Å². The van der Waals surface area contributed by atoms with E-state index in [1.54, 1.807) is 17.9 Å². The van der Waals surface area contributed by atoms with E-state index in [1.807, 2.05) is 18.2 Å². The summed E-state index contributed by atoms with van der Waals surface area (Å²) in [7, 11) is 1.58. The van der Waals surface area contributed by atoms with E-state index in [1.165, 1.54) is 0 Å². The molecule has 1 aliphatic rings. The molecule has 0 atom stereocenters. The molecule has 2 heterocycles. The Hall–Kier alpha value is -2.67. The van der Waals surface area contributed by atoms with E-state index < -0.39 is 11.4 Å². The molecule has 0 aliphatic heterocycles. The Morgan fingerprint density at radius 2 is 2.08 bits per heavy atom. The van der Waals surface area contributed by atoms with E-state index in [4.69, 9.17) is 10.5 Å². The largest absolute Gasteiger partial charge is 0.496 e. The first-order chi connectivity index (χ1) is 12.0. The number of hydrogen-bond donors (Lipinski definition) is 2. The van der Waals surface area contributed by atoms with Gasteiger partial charge in [-0.1, -0.05) is 12.8 Å². The van der Waals surface area contributed by atoms with Crippen LogP contribution in [0.15, 0.2) is 30.6 Å². The summed E-state index contributed by atoms with van der Waals surface area (Å²) < 4.78 is 21.3. The lowest BCUT2D eigenvalue weighted by Gasteiger charge is -2.24. The molecule has 0 radical (unpaired) electrons. The molecule has 1 aliphatic carbocycles. The van der Waals surface area contributed by atoms with Crippen LogP contribution in [0.3, 0.4) is 0 Å². The van der Waals surface area contributed by atoms with E-state index in [9.17, 15) is 9.50 Å². The molecule has 3 aromatic rings. The van der Waals surface area contributed by atoms with Gasteiger partial charge in [-0.3, -0.25) is 4.57 Å². The van der Waals surface area contributed by atoms with Crippen LogP contribution in [0.2, 0.25) is 0 Å². The van der Waals surface area contributed by atoms with Crippen LogP contribution in [0, 0.1) is 5.82 Å². The second-order valence-electron chi connectivity index (χ2n) is 6.44. The maximum absolute atomic E-state index is 14.2. The molecule has 1 fully saturated rings. The molecule has 1 aromatic carbocycles. The number of anilines is 1. The Morgan fingerprint density at radius 1 is 1.32 bits per heavy atom. The number of aliphatic hydroxyl groups is 1. The Kier molecular flexibility index (Phi) is 3.61. The Morgan fingerprint density at radius 3 is 2.80 bits per heavy atom. The molecule has 3 N–H and O–H groups in total. The molecule has 0 amide bonds. The van der Waals surface area contributed by atoms with Crippen LogP contribution in [-0.4, -0.2) is 26.8 Å². The van der Waals surface area contributed by atoms with Gasteiger partial charge in [0.1, 0.15) is 5.75 Å². The van der Waals surface area contributed by atoms with E-state index in [0.29, 0.717) is 24.1 Å². The zero-order chi connectivity index (χ0) is 17.6. The number of benzene rings is 1. The van der Waals surface area contributed by atoms with E-state index >= 15 is 0 Å². The van der Waals surface area contributed by atoms with Crippen molar-refractivity contribution >= 4 is 16.9 Å². The lowest BCUT2D eigenvalue weighted by atomic mass is 9.91. The molecule has 4 rings (SSSR count). The molecule has 130 valence electrons. The molecule has 25 heavy (non-hydrogen) atoms. The van der Waals surface area contributed by atoms with Gasteiger partial charge >= 0.3 is 0 Å². The van der Waals surface area contributed by atoms with E-state index in [0.717, 1.165) is 30.0 Å². The molecule has 0 spiro atoms. The van der Waals surface area contributed by atoms with Crippen molar-refractivity contribution in [2.75, 3.05) is 12.8 Å². The van der Waals surface area contributed by atoms with Crippen molar-refractivity contribution in [2.45, 2.75) is 31.3 Å². The first-order valence-corrected chi connectivity index (χ1v) is 8.22. The standard InChI is InChI=1S/C18H19FN4O2/c1-25-15-9-11(18(24)5-2-3-6-18)8-14-12(15)4-7-23(14)16-13(19)10-21-17(20)22-16/h4,7-10,24H,2-3,5-6H2,1H3,(H2,20,21,22). The van der Waals surface area contributed by atoms with Gasteiger partial charge in [0.2, 0.25) is 5.95 Å². The fourth-order valence-corrected chi connectivity index (χ4v) is 3.62. The molecular weight excluding hydrogens is 323 g/mol. The van der Waals surface area contributed by atoms with Crippen LogP contribution in [-0.2, 0) is 5.60 Å². The van der Waals surface area contributed by atoms with Gasteiger partial charge in [0.15, 0.2) is 11.6 Å². The molecule has 0 saturated heterocycles. The highest BCUT2D eigenvalue weighted by Crippen LogP contribution is 2.42. The summed E-state index contributed by atoms with van der Waals surface area (Å²) in [5.74, 6) is 0.126. The van der Waals surface area contributed by atoms with Gasteiger partial charge in [-0.25, -0.2) is 9.37 Å². The summed E-state index contributed by atoms with van der Waals surface area (Å²) in [5.41, 5.74) is 6.22. The minimum Gasteiger partial charge on any atom is -0.496 e. The van der Waals surface area contributed by atoms with Crippen LogP contribution in [0.5, 0.6) is 5.75 Å². The number of hydrogen-bond acceptors (Lipinski definition) is 5. The molecule has 0 unspecified atom stereocenters. The van der Waals surface area contributed by atoms with Crippen molar-refractivity contribution in [1.29, 1.82) is 0 Å². The van der Waals surface area contributed by atoms with Gasteiger partial charge in [0.25, 0.3) is 0 Å². The van der Waals surface area contributed by atoms with Crippen LogP contribution in [0.1, 0.15) is 31.2 Å². The molecule has 0 bridgehead atoms. The summed E-state index contributed by atoms with van der Waals surface area (Å²) >= 11 is 0. The summed E-state index contributed by atoms with van der Waals surface area (Å²) in [6.45, 7) is 0. The summed E-state index contributed by atoms with van der Waals surface area (Å²) in [6, 6.07) is 5.57. The average Bonchev–Trinajstić information content (AvgIpc) is 3.23. The fraction of sp³-hybridized carbons (Fsp3) is 0.333. The van der Waals surface area contributed by atoms with Gasteiger partial charge in [0.05, 0.1) is 24.4 Å². The summed E-state index contributed by atoms with van der Waals surface area (Å²) in [5, 5.41) is 11.8. The lowest BCUT2D eigenvalue weighted by Crippen LogP contribution is -2.21. The van der Waals surface area contributed by atoms with Crippen molar-refractivity contribution in [2.24, 2.45) is 0 Å². The summed E-state index contributed by atoms with van der Waals surface area (Å²) in [6.07, 6.45) is 6.13. The smallest absolute Gasteiger partial charge is 0.222 e. The maximum Gasteiger partial charge on any atom is 0.222 e. The molecule has 7 heteroatoms. The normalized spacial score (nSPS) is 16.4. The van der Waals surface area contributed by atoms with Crippen molar-refractivity contribution in [3.8, 4) is 11.6 Å². The molecule has 2 aromatic heterocycles. The van der Waals surface area contributed by atoms with Crippen LogP contribution >= 0.6 is 0 Å². The lowest BCUT2D eigenvalue weighted by molar-refractivity contribution is 0.0444. The van der Waals surface area contributed by atoms with Crippen molar-refractivity contribution in [3.05, 3.63) is 42.0 Å². The van der Waals surface area contributed by atoms with Crippen molar-refractivity contribution in [1.82, 2.24) is 14.5 Å². The number of aromatic nitrogens is 3. The highest BCUT2D eigenvalue weighted by atomic mass is 19.1. The van der Waals surface area contributed by atoms with Crippen molar-refractivity contribution in [3.63, 3.8) is 0 Å². The Labute approximate surface area is 144 Å². The zero-order valence-electron chi connectivity index (χ0n) is 13.9. The third kappa shape index (κ3) is 2.51. The maximum atomic E-state index is 14.2. The average molecular weight is 342 g/mol. The third-order valence-electron chi connectivity index (χ3n) is 4.93.